The lowest BCUT2D eigenvalue weighted by atomic mass is 9.93. The second kappa shape index (κ2) is 5.18. The molecule has 100 valence electrons. The summed E-state index contributed by atoms with van der Waals surface area (Å²) in [7, 11) is 0. The van der Waals surface area contributed by atoms with E-state index in [1.54, 1.807) is 12.3 Å². The van der Waals surface area contributed by atoms with Gasteiger partial charge in [-0.05, 0) is 6.07 Å². The molecule has 0 aromatic carbocycles. The Hall–Kier alpha value is -1.60. The van der Waals surface area contributed by atoms with Gasteiger partial charge in [-0.25, -0.2) is 4.98 Å². The molecular formula is C12H15N5S2. The molecule has 0 atom stereocenters. The van der Waals surface area contributed by atoms with E-state index in [4.69, 9.17) is 18.0 Å². The van der Waals surface area contributed by atoms with Crippen molar-refractivity contribution in [2.75, 3.05) is 5.32 Å². The molecule has 2 heterocycles. The highest BCUT2D eigenvalue weighted by atomic mass is 32.1. The maximum absolute atomic E-state index is 5.65. The number of thiazole rings is 1. The van der Waals surface area contributed by atoms with Crippen LogP contribution in [0.2, 0.25) is 0 Å². The molecule has 19 heavy (non-hydrogen) atoms. The molecule has 0 radical (unpaired) electrons. The van der Waals surface area contributed by atoms with E-state index in [9.17, 15) is 0 Å². The first kappa shape index (κ1) is 13.8. The quantitative estimate of drug-likeness (QED) is 0.847. The number of nitrogens with two attached hydrogens (primary N) is 1. The molecule has 0 fully saturated rings. The summed E-state index contributed by atoms with van der Waals surface area (Å²) in [5.41, 5.74) is 7.36. The molecule has 0 aliphatic carbocycles. The molecular weight excluding hydrogens is 278 g/mol. The number of nitrogens with zero attached hydrogens (tertiary/aromatic N) is 3. The van der Waals surface area contributed by atoms with E-state index in [2.05, 4.69) is 41.3 Å². The number of nitrogens with one attached hydrogen (secondary N) is 1. The van der Waals surface area contributed by atoms with Crippen molar-refractivity contribution in [1.29, 1.82) is 0 Å². The van der Waals surface area contributed by atoms with Gasteiger partial charge in [0.25, 0.3) is 0 Å². The maximum atomic E-state index is 5.65. The largest absolute Gasteiger partial charge is 0.389 e. The summed E-state index contributed by atoms with van der Waals surface area (Å²) in [5, 5.41) is 13.7. The van der Waals surface area contributed by atoms with Crippen LogP contribution in [0.1, 0.15) is 32.0 Å². The molecule has 0 saturated carbocycles. The Kier molecular flexibility index (Phi) is 3.77. The van der Waals surface area contributed by atoms with Gasteiger partial charge in [-0.15, -0.1) is 16.4 Å². The molecule has 3 N–H and O–H groups in total. The van der Waals surface area contributed by atoms with Crippen molar-refractivity contribution >= 4 is 39.5 Å². The smallest absolute Gasteiger partial charge is 0.188 e. The van der Waals surface area contributed by atoms with Crippen LogP contribution >= 0.6 is 23.6 Å². The molecule has 0 unspecified atom stereocenters. The molecule has 7 heteroatoms. The van der Waals surface area contributed by atoms with Crippen molar-refractivity contribution in [3.63, 3.8) is 0 Å². The van der Waals surface area contributed by atoms with Gasteiger partial charge < -0.3 is 11.1 Å². The minimum atomic E-state index is 0.0186. The van der Waals surface area contributed by atoms with Crippen LogP contribution in [-0.2, 0) is 5.41 Å². The van der Waals surface area contributed by atoms with Crippen LogP contribution in [0.5, 0.6) is 0 Å². The number of thiocarbonyl (C=S) groups is 1. The van der Waals surface area contributed by atoms with E-state index < -0.39 is 0 Å². The third kappa shape index (κ3) is 3.24. The van der Waals surface area contributed by atoms with Crippen LogP contribution in [0.4, 0.5) is 10.9 Å². The van der Waals surface area contributed by atoms with Gasteiger partial charge in [0, 0.05) is 10.8 Å². The summed E-state index contributed by atoms with van der Waals surface area (Å²) in [6.07, 6.45) is 1.56. The second-order valence-corrected chi connectivity index (χ2v) is 6.37. The Balaban J connectivity index is 2.27. The SMILES string of the molecule is CC(C)(C)c1csc(Nc2nnccc2C(N)=S)n1. The highest BCUT2D eigenvalue weighted by Crippen LogP contribution is 2.28. The Morgan fingerprint density at radius 2 is 2.16 bits per heavy atom. The third-order valence-electron chi connectivity index (χ3n) is 2.48. The summed E-state index contributed by atoms with van der Waals surface area (Å²) in [6.45, 7) is 6.36. The zero-order chi connectivity index (χ0) is 14.0. The molecule has 2 rings (SSSR count). The molecule has 5 nitrogen and oxygen atoms in total. The van der Waals surface area contributed by atoms with E-state index >= 15 is 0 Å². The van der Waals surface area contributed by atoms with Crippen LogP contribution in [0.15, 0.2) is 17.6 Å². The highest BCUT2D eigenvalue weighted by Gasteiger charge is 2.18. The molecule has 0 bridgehead atoms. The third-order valence-corrected chi connectivity index (χ3v) is 3.46. The zero-order valence-electron chi connectivity index (χ0n) is 11.0. The van der Waals surface area contributed by atoms with Crippen LogP contribution in [0, 0.1) is 0 Å². The number of anilines is 2. The van der Waals surface area contributed by atoms with Crippen molar-refractivity contribution in [3.05, 3.63) is 28.9 Å². The summed E-state index contributed by atoms with van der Waals surface area (Å²) in [6, 6.07) is 1.73. The molecule has 0 saturated heterocycles. The van der Waals surface area contributed by atoms with Gasteiger partial charge in [-0.1, -0.05) is 33.0 Å². The van der Waals surface area contributed by atoms with Gasteiger partial charge in [0.2, 0.25) is 0 Å². The maximum Gasteiger partial charge on any atom is 0.188 e. The summed E-state index contributed by atoms with van der Waals surface area (Å²) < 4.78 is 0. The molecule has 0 aliphatic heterocycles. The van der Waals surface area contributed by atoms with Crippen molar-refractivity contribution < 1.29 is 0 Å². The van der Waals surface area contributed by atoms with Crippen LogP contribution < -0.4 is 11.1 Å². The van der Waals surface area contributed by atoms with E-state index in [-0.39, 0.29) is 10.4 Å². The average Bonchev–Trinajstić information content (AvgIpc) is 2.77. The number of hydrogen-bond donors (Lipinski definition) is 2. The van der Waals surface area contributed by atoms with E-state index in [1.807, 2.05) is 5.38 Å². The fraction of sp³-hybridized carbons (Fsp3) is 0.333. The van der Waals surface area contributed by atoms with Gasteiger partial charge in [0.1, 0.15) is 4.99 Å². The summed E-state index contributed by atoms with van der Waals surface area (Å²) >= 11 is 6.50. The monoisotopic (exact) mass is 293 g/mol. The summed E-state index contributed by atoms with van der Waals surface area (Å²) in [4.78, 5) is 4.82. The van der Waals surface area contributed by atoms with Gasteiger partial charge >= 0.3 is 0 Å². The van der Waals surface area contributed by atoms with Crippen molar-refractivity contribution in [3.8, 4) is 0 Å². The normalized spacial score (nSPS) is 11.3. The lowest BCUT2D eigenvalue weighted by molar-refractivity contribution is 0.573. The number of aromatic nitrogens is 3. The van der Waals surface area contributed by atoms with Gasteiger partial charge in [-0.2, -0.15) is 5.10 Å². The van der Waals surface area contributed by atoms with Gasteiger partial charge in [0.15, 0.2) is 10.9 Å². The molecule has 0 spiro atoms. The second-order valence-electron chi connectivity index (χ2n) is 5.07. The topological polar surface area (TPSA) is 76.7 Å². The van der Waals surface area contributed by atoms with Crippen molar-refractivity contribution in [2.45, 2.75) is 26.2 Å². The average molecular weight is 293 g/mol. The Morgan fingerprint density at radius 3 is 2.74 bits per heavy atom. The lowest BCUT2D eigenvalue weighted by Crippen LogP contribution is -2.14. The van der Waals surface area contributed by atoms with Gasteiger partial charge in [-0.3, -0.25) is 0 Å². The van der Waals surface area contributed by atoms with Crippen LogP contribution in [0.3, 0.4) is 0 Å². The molecule has 2 aromatic heterocycles. The van der Waals surface area contributed by atoms with Crippen molar-refractivity contribution in [1.82, 2.24) is 15.2 Å². The van der Waals surface area contributed by atoms with E-state index in [0.29, 0.717) is 11.4 Å². The Morgan fingerprint density at radius 1 is 1.42 bits per heavy atom. The fourth-order valence-corrected chi connectivity index (χ4v) is 2.50. The minimum Gasteiger partial charge on any atom is -0.389 e. The van der Waals surface area contributed by atoms with E-state index in [0.717, 1.165) is 10.8 Å². The van der Waals surface area contributed by atoms with Crippen LogP contribution in [-0.4, -0.2) is 20.2 Å². The Bertz CT molecular complexity index is 600. The first-order valence-corrected chi connectivity index (χ1v) is 7.01. The lowest BCUT2D eigenvalue weighted by Gasteiger charge is -2.14. The Labute approximate surface area is 121 Å². The first-order valence-electron chi connectivity index (χ1n) is 5.72. The first-order chi connectivity index (χ1) is 8.88. The van der Waals surface area contributed by atoms with Crippen LogP contribution in [0.25, 0.3) is 0 Å². The minimum absolute atomic E-state index is 0.0186. The van der Waals surface area contributed by atoms with Crippen molar-refractivity contribution in [2.24, 2.45) is 5.73 Å². The molecule has 0 aliphatic rings. The number of hydrogen-bond acceptors (Lipinski definition) is 6. The standard InChI is InChI=1S/C12H15N5S2/c1-12(2,3)8-6-19-11(15-8)16-10-7(9(13)18)4-5-14-17-10/h4-6H,1-3H3,(H2,13,18)(H,15,16,17). The zero-order valence-corrected chi connectivity index (χ0v) is 12.6. The molecule has 2 aromatic rings. The predicted molar refractivity (Wildman–Crippen MR) is 82.0 cm³/mol. The van der Waals surface area contributed by atoms with E-state index in [1.165, 1.54) is 11.3 Å². The highest BCUT2D eigenvalue weighted by molar-refractivity contribution is 7.80. The fourth-order valence-electron chi connectivity index (χ4n) is 1.40. The number of rotatable bonds is 3. The summed E-state index contributed by atoms with van der Waals surface area (Å²) in [5.74, 6) is 0.532. The molecule has 0 amide bonds. The van der Waals surface area contributed by atoms with Gasteiger partial charge in [0.05, 0.1) is 17.5 Å². The predicted octanol–water partition coefficient (Wildman–Crippen LogP) is 2.61.